The zero-order valence-corrected chi connectivity index (χ0v) is 6.35. The first-order valence-corrected chi connectivity index (χ1v) is 3.49. The minimum atomic E-state index is -0.656. The topological polar surface area (TPSA) is 37.3 Å². The van der Waals surface area contributed by atoms with E-state index in [1.807, 2.05) is 13.8 Å². The normalized spacial score (nSPS) is 20.2. The van der Waals surface area contributed by atoms with E-state index < -0.39 is 5.97 Å². The zero-order chi connectivity index (χ0) is 7.72. The highest BCUT2D eigenvalue weighted by Gasteiger charge is 2.24. The summed E-state index contributed by atoms with van der Waals surface area (Å²) < 4.78 is 0. The maximum absolute atomic E-state index is 10.5. The molecule has 0 unspecified atom stereocenters. The summed E-state index contributed by atoms with van der Waals surface area (Å²) in [4.78, 5) is 10.5. The third-order valence-electron chi connectivity index (χ3n) is 2.18. The van der Waals surface area contributed by atoms with Crippen LogP contribution in [-0.4, -0.2) is 11.1 Å². The number of hydrogen-bond acceptors (Lipinski definition) is 1. The van der Waals surface area contributed by atoms with Crippen molar-refractivity contribution < 1.29 is 9.90 Å². The lowest BCUT2D eigenvalue weighted by Gasteiger charge is -2.00. The minimum absolute atomic E-state index is 0.139. The van der Waals surface area contributed by atoms with Gasteiger partial charge in [-0.15, -0.1) is 0 Å². The van der Waals surface area contributed by atoms with E-state index in [-0.39, 0.29) is 5.92 Å². The summed E-state index contributed by atoms with van der Waals surface area (Å²) in [5, 5.41) is 8.62. The van der Waals surface area contributed by atoms with E-state index >= 15 is 0 Å². The highest BCUT2D eigenvalue weighted by molar-refractivity contribution is 5.71. The van der Waals surface area contributed by atoms with Crippen LogP contribution in [0.5, 0.6) is 0 Å². The smallest absolute Gasteiger partial charge is 0.307 e. The van der Waals surface area contributed by atoms with Gasteiger partial charge < -0.3 is 5.11 Å². The SMILES string of the molecule is CC1=C(C)CC(C(=O)O)C1. The van der Waals surface area contributed by atoms with E-state index in [0.29, 0.717) is 0 Å². The molecule has 1 N–H and O–H groups in total. The number of carbonyl (C=O) groups is 1. The van der Waals surface area contributed by atoms with Crippen LogP contribution >= 0.6 is 0 Å². The molecule has 0 bridgehead atoms. The second-order valence-corrected chi connectivity index (χ2v) is 3.00. The Labute approximate surface area is 60.6 Å². The Kier molecular flexibility index (Phi) is 1.79. The summed E-state index contributed by atoms with van der Waals surface area (Å²) >= 11 is 0. The van der Waals surface area contributed by atoms with Gasteiger partial charge in [0.1, 0.15) is 0 Å². The summed E-state index contributed by atoms with van der Waals surface area (Å²) in [5.74, 6) is -0.795. The fourth-order valence-corrected chi connectivity index (χ4v) is 1.33. The summed E-state index contributed by atoms with van der Waals surface area (Å²) in [6, 6.07) is 0. The predicted molar refractivity (Wildman–Crippen MR) is 38.7 cm³/mol. The van der Waals surface area contributed by atoms with E-state index in [2.05, 4.69) is 0 Å². The first-order valence-electron chi connectivity index (χ1n) is 3.49. The fraction of sp³-hybridized carbons (Fsp3) is 0.625. The van der Waals surface area contributed by atoms with Crippen molar-refractivity contribution in [3.8, 4) is 0 Å². The van der Waals surface area contributed by atoms with E-state index in [1.54, 1.807) is 0 Å². The lowest BCUT2D eigenvalue weighted by Crippen LogP contribution is -2.09. The highest BCUT2D eigenvalue weighted by Crippen LogP contribution is 2.30. The average Bonchev–Trinajstić information content (AvgIpc) is 2.13. The molecule has 0 aromatic carbocycles. The number of carboxylic acids is 1. The molecule has 1 rings (SSSR count). The van der Waals surface area contributed by atoms with Gasteiger partial charge in [-0.3, -0.25) is 4.79 Å². The third kappa shape index (κ3) is 1.20. The molecule has 0 aromatic rings. The number of allylic oxidation sites excluding steroid dienone is 2. The standard InChI is InChI=1S/C8H12O2/c1-5-3-7(8(9)10)4-6(5)2/h7H,3-4H2,1-2H3,(H,9,10). The van der Waals surface area contributed by atoms with Gasteiger partial charge in [-0.1, -0.05) is 11.1 Å². The highest BCUT2D eigenvalue weighted by atomic mass is 16.4. The zero-order valence-electron chi connectivity index (χ0n) is 6.35. The van der Waals surface area contributed by atoms with Crippen molar-refractivity contribution in [2.24, 2.45) is 5.92 Å². The maximum Gasteiger partial charge on any atom is 0.307 e. The summed E-state index contributed by atoms with van der Waals surface area (Å²) in [6.45, 7) is 4.02. The van der Waals surface area contributed by atoms with Crippen molar-refractivity contribution in [2.75, 3.05) is 0 Å². The molecule has 1 aliphatic carbocycles. The second kappa shape index (κ2) is 2.45. The minimum Gasteiger partial charge on any atom is -0.481 e. The number of rotatable bonds is 1. The number of carboxylic acid groups (broad SMARTS) is 1. The number of hydrogen-bond donors (Lipinski definition) is 1. The predicted octanol–water partition coefficient (Wildman–Crippen LogP) is 1.82. The van der Waals surface area contributed by atoms with Crippen molar-refractivity contribution >= 4 is 5.97 Å². The Hall–Kier alpha value is -0.790. The molecule has 0 heterocycles. The van der Waals surface area contributed by atoms with Crippen LogP contribution in [-0.2, 0) is 4.79 Å². The van der Waals surface area contributed by atoms with Crippen LogP contribution in [0, 0.1) is 5.92 Å². The Morgan fingerprint density at radius 2 is 1.80 bits per heavy atom. The number of aliphatic carboxylic acids is 1. The fourth-order valence-electron chi connectivity index (χ4n) is 1.33. The van der Waals surface area contributed by atoms with Gasteiger partial charge in [-0.2, -0.15) is 0 Å². The lowest BCUT2D eigenvalue weighted by molar-refractivity contribution is -0.141. The second-order valence-electron chi connectivity index (χ2n) is 3.00. The van der Waals surface area contributed by atoms with Crippen LogP contribution in [0.2, 0.25) is 0 Å². The van der Waals surface area contributed by atoms with E-state index in [0.717, 1.165) is 12.8 Å². The van der Waals surface area contributed by atoms with Crippen LogP contribution < -0.4 is 0 Å². The van der Waals surface area contributed by atoms with Gasteiger partial charge in [0.15, 0.2) is 0 Å². The van der Waals surface area contributed by atoms with Crippen LogP contribution in [0.15, 0.2) is 11.1 Å². The molecule has 0 radical (unpaired) electrons. The summed E-state index contributed by atoms with van der Waals surface area (Å²) in [6.07, 6.45) is 1.50. The summed E-state index contributed by atoms with van der Waals surface area (Å²) in [7, 11) is 0. The van der Waals surface area contributed by atoms with Crippen molar-refractivity contribution in [1.29, 1.82) is 0 Å². The van der Waals surface area contributed by atoms with Gasteiger partial charge in [0.2, 0.25) is 0 Å². The molecule has 0 saturated carbocycles. The molecule has 0 fully saturated rings. The molecule has 0 aromatic heterocycles. The molecule has 0 saturated heterocycles. The Morgan fingerprint density at radius 3 is 2.00 bits per heavy atom. The molecule has 56 valence electrons. The van der Waals surface area contributed by atoms with Crippen LogP contribution in [0.1, 0.15) is 26.7 Å². The van der Waals surface area contributed by atoms with E-state index in [1.165, 1.54) is 11.1 Å². The Balaban J connectivity index is 2.59. The maximum atomic E-state index is 10.5. The average molecular weight is 140 g/mol. The quantitative estimate of drug-likeness (QED) is 0.564. The summed E-state index contributed by atoms with van der Waals surface area (Å²) in [5.41, 5.74) is 2.51. The molecule has 0 spiro atoms. The van der Waals surface area contributed by atoms with Gasteiger partial charge in [-0.05, 0) is 26.7 Å². The first kappa shape index (κ1) is 7.32. The monoisotopic (exact) mass is 140 g/mol. The van der Waals surface area contributed by atoms with Gasteiger partial charge in [0.05, 0.1) is 5.92 Å². The molecule has 0 aliphatic heterocycles. The Bertz CT molecular complexity index is 177. The van der Waals surface area contributed by atoms with E-state index in [9.17, 15) is 4.79 Å². The molecular weight excluding hydrogens is 128 g/mol. The van der Waals surface area contributed by atoms with Crippen molar-refractivity contribution in [3.05, 3.63) is 11.1 Å². The first-order chi connectivity index (χ1) is 4.61. The van der Waals surface area contributed by atoms with Gasteiger partial charge >= 0.3 is 5.97 Å². The lowest BCUT2D eigenvalue weighted by atomic mass is 10.1. The van der Waals surface area contributed by atoms with Gasteiger partial charge in [0.25, 0.3) is 0 Å². The van der Waals surface area contributed by atoms with E-state index in [4.69, 9.17) is 5.11 Å². The molecule has 0 amide bonds. The molecule has 1 aliphatic rings. The molecular formula is C8H12O2. The third-order valence-corrected chi connectivity index (χ3v) is 2.18. The van der Waals surface area contributed by atoms with Crippen molar-refractivity contribution in [1.82, 2.24) is 0 Å². The van der Waals surface area contributed by atoms with Crippen LogP contribution in [0.3, 0.4) is 0 Å². The molecule has 0 atom stereocenters. The van der Waals surface area contributed by atoms with Gasteiger partial charge in [0, 0.05) is 0 Å². The molecule has 2 heteroatoms. The van der Waals surface area contributed by atoms with Crippen molar-refractivity contribution in [3.63, 3.8) is 0 Å². The van der Waals surface area contributed by atoms with Crippen LogP contribution in [0.25, 0.3) is 0 Å². The van der Waals surface area contributed by atoms with Gasteiger partial charge in [-0.25, -0.2) is 0 Å². The van der Waals surface area contributed by atoms with Crippen molar-refractivity contribution in [2.45, 2.75) is 26.7 Å². The Morgan fingerprint density at radius 1 is 1.40 bits per heavy atom. The van der Waals surface area contributed by atoms with Crippen LogP contribution in [0.4, 0.5) is 0 Å². The molecule has 10 heavy (non-hydrogen) atoms. The largest absolute Gasteiger partial charge is 0.481 e. The molecule has 2 nitrogen and oxygen atoms in total.